The third-order valence-electron chi connectivity index (χ3n) is 4.94. The smallest absolute Gasteiger partial charge is 0.356 e. The Hall–Kier alpha value is -2.27. The number of ether oxygens (including phenoxy) is 1. The summed E-state index contributed by atoms with van der Waals surface area (Å²) in [5.74, 6) is -1.06. The summed E-state index contributed by atoms with van der Waals surface area (Å²) in [5.41, 5.74) is 5.28. The standard InChI is InChI=1S/C20H24N2O3/c1-12-6-16-15(19(2,3)11-25-20(16,4)5)8-13(12)7-14-9-22-17(10-21-14)18(23)24/h6,8-10H,7,11H2,1-5H3,(H,23,24). The number of aryl methyl sites for hydroxylation is 1. The van der Waals surface area contributed by atoms with Crippen molar-refractivity contribution in [3.63, 3.8) is 0 Å². The number of benzene rings is 1. The van der Waals surface area contributed by atoms with Crippen LogP contribution in [0.5, 0.6) is 0 Å². The van der Waals surface area contributed by atoms with Gasteiger partial charge in [-0.05, 0) is 43.0 Å². The van der Waals surface area contributed by atoms with Crippen LogP contribution in [0.15, 0.2) is 24.5 Å². The molecule has 1 aromatic heterocycles. The van der Waals surface area contributed by atoms with Crippen molar-refractivity contribution < 1.29 is 14.6 Å². The van der Waals surface area contributed by atoms with Gasteiger partial charge in [0.2, 0.25) is 0 Å². The van der Waals surface area contributed by atoms with Crippen molar-refractivity contribution in [3.05, 3.63) is 58.2 Å². The molecule has 0 bridgehead atoms. The van der Waals surface area contributed by atoms with Crippen LogP contribution in [0.1, 0.15) is 66.1 Å². The van der Waals surface area contributed by atoms with Gasteiger partial charge in [-0.1, -0.05) is 26.0 Å². The summed E-state index contributed by atoms with van der Waals surface area (Å²) in [4.78, 5) is 19.1. The van der Waals surface area contributed by atoms with E-state index in [0.717, 1.165) is 5.69 Å². The number of carbonyl (C=O) groups is 1. The number of hydrogen-bond donors (Lipinski definition) is 1. The summed E-state index contributed by atoms with van der Waals surface area (Å²) in [6.45, 7) is 11.4. The van der Waals surface area contributed by atoms with Crippen LogP contribution < -0.4 is 0 Å². The molecule has 0 saturated heterocycles. The van der Waals surface area contributed by atoms with Crippen LogP contribution in [0.4, 0.5) is 0 Å². The molecule has 1 aromatic carbocycles. The highest BCUT2D eigenvalue weighted by Crippen LogP contribution is 2.42. The van der Waals surface area contributed by atoms with Gasteiger partial charge in [0.25, 0.3) is 0 Å². The maximum Gasteiger partial charge on any atom is 0.356 e. The minimum absolute atomic E-state index is 0.0362. The highest BCUT2D eigenvalue weighted by Gasteiger charge is 2.38. The van der Waals surface area contributed by atoms with Crippen LogP contribution >= 0.6 is 0 Å². The zero-order chi connectivity index (χ0) is 18.4. The summed E-state index contributed by atoms with van der Waals surface area (Å²) in [6, 6.07) is 4.46. The van der Waals surface area contributed by atoms with Gasteiger partial charge < -0.3 is 9.84 Å². The third-order valence-corrected chi connectivity index (χ3v) is 4.94. The molecule has 0 aliphatic carbocycles. The number of rotatable bonds is 3. The van der Waals surface area contributed by atoms with E-state index in [9.17, 15) is 4.79 Å². The quantitative estimate of drug-likeness (QED) is 0.924. The first-order valence-corrected chi connectivity index (χ1v) is 8.43. The van der Waals surface area contributed by atoms with Crippen LogP contribution in [-0.2, 0) is 22.2 Å². The van der Waals surface area contributed by atoms with E-state index in [1.165, 1.54) is 28.5 Å². The molecule has 1 N–H and O–H groups in total. The zero-order valence-electron chi connectivity index (χ0n) is 15.4. The van der Waals surface area contributed by atoms with Gasteiger partial charge in [-0.25, -0.2) is 9.78 Å². The first-order chi connectivity index (χ1) is 11.6. The molecule has 5 heteroatoms. The van der Waals surface area contributed by atoms with E-state index < -0.39 is 5.97 Å². The normalized spacial score (nSPS) is 17.8. The lowest BCUT2D eigenvalue weighted by molar-refractivity contribution is -0.0588. The van der Waals surface area contributed by atoms with Gasteiger partial charge >= 0.3 is 5.97 Å². The van der Waals surface area contributed by atoms with Crippen LogP contribution in [0, 0.1) is 6.92 Å². The second-order valence-corrected chi connectivity index (χ2v) is 7.88. The largest absolute Gasteiger partial charge is 0.476 e. The molecule has 0 amide bonds. The predicted octanol–water partition coefficient (Wildman–Crippen LogP) is 3.62. The van der Waals surface area contributed by atoms with Crippen LogP contribution in [0.2, 0.25) is 0 Å². The first kappa shape index (κ1) is 17.5. The number of hydrogen-bond acceptors (Lipinski definition) is 4. The van der Waals surface area contributed by atoms with Crippen molar-refractivity contribution in [2.45, 2.75) is 52.1 Å². The Bertz CT molecular complexity index is 824. The van der Waals surface area contributed by atoms with Gasteiger partial charge in [-0.15, -0.1) is 0 Å². The van der Waals surface area contributed by atoms with Crippen molar-refractivity contribution in [1.29, 1.82) is 0 Å². The second kappa shape index (κ2) is 5.92. The van der Waals surface area contributed by atoms with Gasteiger partial charge in [0.15, 0.2) is 5.69 Å². The lowest BCUT2D eigenvalue weighted by Crippen LogP contribution is -2.40. The molecule has 25 heavy (non-hydrogen) atoms. The molecule has 0 atom stereocenters. The van der Waals surface area contributed by atoms with E-state index in [1.807, 2.05) is 0 Å². The fourth-order valence-electron chi connectivity index (χ4n) is 3.27. The molecule has 0 spiro atoms. The van der Waals surface area contributed by atoms with E-state index in [4.69, 9.17) is 9.84 Å². The average molecular weight is 340 g/mol. The number of nitrogens with zero attached hydrogens (tertiary/aromatic N) is 2. The average Bonchev–Trinajstić information content (AvgIpc) is 2.54. The minimum Gasteiger partial charge on any atom is -0.476 e. The second-order valence-electron chi connectivity index (χ2n) is 7.88. The molecule has 5 nitrogen and oxygen atoms in total. The van der Waals surface area contributed by atoms with E-state index in [-0.39, 0.29) is 16.7 Å². The Morgan fingerprint density at radius 1 is 1.16 bits per heavy atom. The van der Waals surface area contributed by atoms with Gasteiger partial charge in [0.1, 0.15) is 0 Å². The lowest BCUT2D eigenvalue weighted by atomic mass is 9.74. The maximum absolute atomic E-state index is 10.9. The van der Waals surface area contributed by atoms with E-state index >= 15 is 0 Å². The molecule has 0 radical (unpaired) electrons. The highest BCUT2D eigenvalue weighted by atomic mass is 16.5. The van der Waals surface area contributed by atoms with Gasteiger partial charge in [0.05, 0.1) is 24.1 Å². The third kappa shape index (κ3) is 3.29. The van der Waals surface area contributed by atoms with Gasteiger partial charge in [-0.3, -0.25) is 4.98 Å². The number of aromatic nitrogens is 2. The minimum atomic E-state index is -1.06. The monoisotopic (exact) mass is 340 g/mol. The summed E-state index contributed by atoms with van der Waals surface area (Å²) in [7, 11) is 0. The number of aromatic carboxylic acids is 1. The Morgan fingerprint density at radius 3 is 2.48 bits per heavy atom. The summed E-state index contributed by atoms with van der Waals surface area (Å²) >= 11 is 0. The molecule has 1 aliphatic heterocycles. The molecular formula is C20H24N2O3. The van der Waals surface area contributed by atoms with Crippen LogP contribution in [0.25, 0.3) is 0 Å². The molecule has 0 fully saturated rings. The van der Waals surface area contributed by atoms with E-state index in [1.54, 1.807) is 6.20 Å². The number of carboxylic acid groups (broad SMARTS) is 1. The fraction of sp³-hybridized carbons (Fsp3) is 0.450. The maximum atomic E-state index is 10.9. The molecule has 0 unspecified atom stereocenters. The molecule has 3 rings (SSSR count). The number of carboxylic acids is 1. The molecular weight excluding hydrogens is 316 g/mol. The summed E-state index contributed by atoms with van der Waals surface area (Å²) in [6.07, 6.45) is 3.48. The first-order valence-electron chi connectivity index (χ1n) is 8.43. The SMILES string of the molecule is Cc1cc2c(cc1Cc1cnc(C(=O)O)cn1)C(C)(C)COC2(C)C. The summed E-state index contributed by atoms with van der Waals surface area (Å²) < 4.78 is 6.08. The van der Waals surface area contributed by atoms with Crippen molar-refractivity contribution >= 4 is 5.97 Å². The summed E-state index contributed by atoms with van der Waals surface area (Å²) in [5, 5.41) is 8.93. The topological polar surface area (TPSA) is 72.3 Å². The number of fused-ring (bicyclic) bond motifs is 1. The molecule has 2 aromatic rings. The fourth-order valence-corrected chi connectivity index (χ4v) is 3.27. The van der Waals surface area contributed by atoms with E-state index in [0.29, 0.717) is 13.0 Å². The molecule has 1 aliphatic rings. The lowest BCUT2D eigenvalue weighted by Gasteiger charge is -2.42. The molecule has 132 valence electrons. The Balaban J connectivity index is 1.99. The van der Waals surface area contributed by atoms with E-state index in [2.05, 4.69) is 56.7 Å². The molecule has 0 saturated carbocycles. The van der Waals surface area contributed by atoms with Crippen LogP contribution in [0.3, 0.4) is 0 Å². The van der Waals surface area contributed by atoms with Crippen LogP contribution in [-0.4, -0.2) is 27.7 Å². The van der Waals surface area contributed by atoms with Crippen molar-refractivity contribution in [1.82, 2.24) is 9.97 Å². The van der Waals surface area contributed by atoms with Crippen molar-refractivity contribution in [2.75, 3.05) is 6.61 Å². The predicted molar refractivity (Wildman–Crippen MR) is 95.0 cm³/mol. The highest BCUT2D eigenvalue weighted by molar-refractivity contribution is 5.84. The Kier molecular flexibility index (Phi) is 4.15. The Morgan fingerprint density at radius 2 is 1.88 bits per heavy atom. The van der Waals surface area contributed by atoms with Gasteiger partial charge in [-0.2, -0.15) is 0 Å². The zero-order valence-corrected chi connectivity index (χ0v) is 15.4. The molecule has 2 heterocycles. The van der Waals surface area contributed by atoms with Gasteiger partial charge in [0, 0.05) is 18.0 Å². The van der Waals surface area contributed by atoms with Crippen molar-refractivity contribution in [3.8, 4) is 0 Å². The van der Waals surface area contributed by atoms with Crippen molar-refractivity contribution in [2.24, 2.45) is 0 Å². The Labute approximate surface area is 148 Å².